The molecule has 1 saturated carbocycles. The van der Waals surface area contributed by atoms with Crippen LogP contribution in [0.2, 0.25) is 0 Å². The highest BCUT2D eigenvalue weighted by molar-refractivity contribution is 4.77. The van der Waals surface area contributed by atoms with Gasteiger partial charge in [0, 0.05) is 6.04 Å². The minimum Gasteiger partial charge on any atom is -0.377 e. The molecule has 1 fully saturated rings. The minimum atomic E-state index is 0.494. The molecule has 0 spiro atoms. The molecule has 1 rings (SSSR count). The fourth-order valence-electron chi connectivity index (χ4n) is 3.29. The van der Waals surface area contributed by atoms with Crippen LogP contribution < -0.4 is 5.32 Å². The summed E-state index contributed by atoms with van der Waals surface area (Å²) in [5.74, 6) is 2.36. The standard InChI is InChI=1S/C17H35NO/c1-6-8-18-17(15(5)7-2)12-19-16-10-13(3)9-14(4)11-16/h13-18H,6-12H2,1-5H3. The smallest absolute Gasteiger partial charge is 0.0625 e. The second kappa shape index (κ2) is 8.97. The zero-order chi connectivity index (χ0) is 14.3. The van der Waals surface area contributed by atoms with E-state index in [2.05, 4.69) is 39.9 Å². The Morgan fingerprint density at radius 2 is 1.74 bits per heavy atom. The van der Waals surface area contributed by atoms with Crippen molar-refractivity contribution < 1.29 is 4.74 Å². The molecular weight excluding hydrogens is 234 g/mol. The Balaban J connectivity index is 2.37. The van der Waals surface area contributed by atoms with Gasteiger partial charge in [-0.05, 0) is 50.0 Å². The maximum absolute atomic E-state index is 6.24. The highest BCUT2D eigenvalue weighted by atomic mass is 16.5. The van der Waals surface area contributed by atoms with Crippen molar-refractivity contribution in [3.63, 3.8) is 0 Å². The molecule has 4 unspecified atom stereocenters. The van der Waals surface area contributed by atoms with E-state index in [-0.39, 0.29) is 0 Å². The first-order chi connectivity index (χ1) is 9.06. The molecule has 114 valence electrons. The topological polar surface area (TPSA) is 21.3 Å². The molecule has 0 heterocycles. The second-order valence-electron chi connectivity index (χ2n) is 6.82. The first-order valence-electron chi connectivity index (χ1n) is 8.41. The molecule has 0 aromatic carbocycles. The normalized spacial score (nSPS) is 31.1. The van der Waals surface area contributed by atoms with E-state index in [1.807, 2.05) is 0 Å². The van der Waals surface area contributed by atoms with E-state index in [1.54, 1.807) is 0 Å². The monoisotopic (exact) mass is 269 g/mol. The third-order valence-corrected chi connectivity index (χ3v) is 4.63. The largest absolute Gasteiger partial charge is 0.377 e. The van der Waals surface area contributed by atoms with Crippen LogP contribution in [0.3, 0.4) is 0 Å². The van der Waals surface area contributed by atoms with Gasteiger partial charge in [-0.2, -0.15) is 0 Å². The van der Waals surface area contributed by atoms with Gasteiger partial charge in [0.25, 0.3) is 0 Å². The Labute approximate surface area is 120 Å². The van der Waals surface area contributed by atoms with Crippen LogP contribution in [0.4, 0.5) is 0 Å². The Morgan fingerprint density at radius 3 is 2.26 bits per heavy atom. The van der Waals surface area contributed by atoms with Gasteiger partial charge in [0.05, 0.1) is 12.7 Å². The molecule has 2 heteroatoms. The van der Waals surface area contributed by atoms with E-state index in [4.69, 9.17) is 4.74 Å². The summed E-state index contributed by atoms with van der Waals surface area (Å²) in [6.45, 7) is 13.6. The summed E-state index contributed by atoms with van der Waals surface area (Å²) in [5, 5.41) is 3.66. The van der Waals surface area contributed by atoms with Gasteiger partial charge >= 0.3 is 0 Å². The Bertz CT molecular complexity index is 221. The zero-order valence-corrected chi connectivity index (χ0v) is 13.7. The Morgan fingerprint density at radius 1 is 1.11 bits per heavy atom. The molecule has 19 heavy (non-hydrogen) atoms. The number of hydrogen-bond acceptors (Lipinski definition) is 2. The van der Waals surface area contributed by atoms with Crippen molar-refractivity contribution >= 4 is 0 Å². The van der Waals surface area contributed by atoms with Crippen LogP contribution >= 0.6 is 0 Å². The summed E-state index contributed by atoms with van der Waals surface area (Å²) < 4.78 is 6.24. The van der Waals surface area contributed by atoms with Crippen molar-refractivity contribution in [3.05, 3.63) is 0 Å². The predicted octanol–water partition coefficient (Wildman–Crippen LogP) is 4.24. The van der Waals surface area contributed by atoms with E-state index in [1.165, 1.54) is 32.1 Å². The molecule has 2 nitrogen and oxygen atoms in total. The van der Waals surface area contributed by atoms with Crippen LogP contribution in [-0.2, 0) is 4.74 Å². The van der Waals surface area contributed by atoms with Crippen molar-refractivity contribution in [2.45, 2.75) is 78.9 Å². The molecule has 4 atom stereocenters. The Kier molecular flexibility index (Phi) is 8.01. The molecule has 0 bridgehead atoms. The highest BCUT2D eigenvalue weighted by Crippen LogP contribution is 2.30. The minimum absolute atomic E-state index is 0.494. The van der Waals surface area contributed by atoms with Crippen molar-refractivity contribution in [1.82, 2.24) is 5.32 Å². The zero-order valence-electron chi connectivity index (χ0n) is 13.7. The number of nitrogens with one attached hydrogen (secondary N) is 1. The summed E-state index contributed by atoms with van der Waals surface area (Å²) >= 11 is 0. The van der Waals surface area contributed by atoms with Gasteiger partial charge in [-0.1, -0.05) is 41.0 Å². The van der Waals surface area contributed by atoms with E-state index >= 15 is 0 Å². The van der Waals surface area contributed by atoms with E-state index in [9.17, 15) is 0 Å². The lowest BCUT2D eigenvalue weighted by atomic mass is 9.82. The molecule has 0 amide bonds. The number of ether oxygens (including phenoxy) is 1. The second-order valence-corrected chi connectivity index (χ2v) is 6.82. The maximum atomic E-state index is 6.24. The SMILES string of the molecule is CCCNC(COC1CC(C)CC(C)C1)C(C)CC. The predicted molar refractivity (Wildman–Crippen MR) is 83.5 cm³/mol. The first-order valence-corrected chi connectivity index (χ1v) is 8.41. The molecule has 1 aliphatic carbocycles. The summed E-state index contributed by atoms with van der Waals surface area (Å²) in [6.07, 6.45) is 6.81. The van der Waals surface area contributed by atoms with Crippen LogP contribution in [0, 0.1) is 17.8 Å². The van der Waals surface area contributed by atoms with Crippen molar-refractivity contribution in [3.8, 4) is 0 Å². The maximum Gasteiger partial charge on any atom is 0.0625 e. The van der Waals surface area contributed by atoms with Crippen molar-refractivity contribution in [1.29, 1.82) is 0 Å². The molecule has 1 aliphatic rings. The lowest BCUT2D eigenvalue weighted by Crippen LogP contribution is -2.41. The lowest BCUT2D eigenvalue weighted by molar-refractivity contribution is -0.0151. The van der Waals surface area contributed by atoms with E-state index < -0.39 is 0 Å². The van der Waals surface area contributed by atoms with Gasteiger partial charge in [-0.3, -0.25) is 0 Å². The third kappa shape index (κ3) is 6.27. The molecule has 1 N–H and O–H groups in total. The average Bonchev–Trinajstić information content (AvgIpc) is 2.37. The summed E-state index contributed by atoms with van der Waals surface area (Å²) in [7, 11) is 0. The molecule has 0 aromatic heterocycles. The van der Waals surface area contributed by atoms with Gasteiger partial charge in [-0.25, -0.2) is 0 Å². The van der Waals surface area contributed by atoms with Gasteiger partial charge < -0.3 is 10.1 Å². The number of hydrogen-bond donors (Lipinski definition) is 1. The number of rotatable bonds is 8. The third-order valence-electron chi connectivity index (χ3n) is 4.63. The lowest BCUT2D eigenvalue weighted by Gasteiger charge is -2.33. The van der Waals surface area contributed by atoms with Crippen LogP contribution in [0.5, 0.6) is 0 Å². The molecule has 0 radical (unpaired) electrons. The summed E-state index contributed by atoms with van der Waals surface area (Å²) in [5.41, 5.74) is 0. The van der Waals surface area contributed by atoms with Crippen molar-refractivity contribution in [2.75, 3.05) is 13.2 Å². The van der Waals surface area contributed by atoms with Gasteiger partial charge in [-0.15, -0.1) is 0 Å². The van der Waals surface area contributed by atoms with E-state index in [0.717, 1.165) is 25.0 Å². The first kappa shape index (κ1) is 17.0. The van der Waals surface area contributed by atoms with E-state index in [0.29, 0.717) is 18.1 Å². The van der Waals surface area contributed by atoms with Crippen molar-refractivity contribution in [2.24, 2.45) is 17.8 Å². The fraction of sp³-hybridized carbons (Fsp3) is 1.00. The molecular formula is C17H35NO. The average molecular weight is 269 g/mol. The van der Waals surface area contributed by atoms with Gasteiger partial charge in [0.1, 0.15) is 0 Å². The molecule has 0 aromatic rings. The van der Waals surface area contributed by atoms with Crippen LogP contribution in [0.15, 0.2) is 0 Å². The quantitative estimate of drug-likeness (QED) is 0.711. The van der Waals surface area contributed by atoms with Crippen LogP contribution in [-0.4, -0.2) is 25.3 Å². The van der Waals surface area contributed by atoms with Crippen LogP contribution in [0.1, 0.15) is 66.7 Å². The Hall–Kier alpha value is -0.0800. The molecule has 0 saturated heterocycles. The molecule has 0 aliphatic heterocycles. The summed E-state index contributed by atoms with van der Waals surface area (Å²) in [4.78, 5) is 0. The van der Waals surface area contributed by atoms with Gasteiger partial charge in [0.2, 0.25) is 0 Å². The summed E-state index contributed by atoms with van der Waals surface area (Å²) in [6, 6.07) is 0.525. The highest BCUT2D eigenvalue weighted by Gasteiger charge is 2.25. The van der Waals surface area contributed by atoms with Crippen LogP contribution in [0.25, 0.3) is 0 Å². The van der Waals surface area contributed by atoms with Gasteiger partial charge in [0.15, 0.2) is 0 Å². The fourth-order valence-corrected chi connectivity index (χ4v) is 3.29.